The summed E-state index contributed by atoms with van der Waals surface area (Å²) in [6.45, 7) is 2.69. The number of anilines is 1. The number of aromatic nitrogens is 3. The molecule has 2 aromatic heterocycles. The van der Waals surface area contributed by atoms with E-state index in [4.69, 9.17) is 4.74 Å². The molecule has 0 unspecified atom stereocenters. The highest BCUT2D eigenvalue weighted by atomic mass is 32.2. The summed E-state index contributed by atoms with van der Waals surface area (Å²) in [6, 6.07) is 9.99. The van der Waals surface area contributed by atoms with Crippen molar-refractivity contribution in [2.75, 3.05) is 18.2 Å². The number of hydrogen-bond donors (Lipinski definition) is 1. The predicted molar refractivity (Wildman–Crippen MR) is 127 cm³/mol. The first-order chi connectivity index (χ1) is 15.7. The van der Waals surface area contributed by atoms with Gasteiger partial charge in [0.2, 0.25) is 5.91 Å². The highest BCUT2D eigenvalue weighted by molar-refractivity contribution is 7.99. The fourth-order valence-corrected chi connectivity index (χ4v) is 6.01. The van der Waals surface area contributed by atoms with Gasteiger partial charge in [0.05, 0.1) is 24.0 Å². The first-order valence-electron chi connectivity index (χ1n) is 10.7. The van der Waals surface area contributed by atoms with Crippen LogP contribution in [-0.4, -0.2) is 33.5 Å². The van der Waals surface area contributed by atoms with Gasteiger partial charge in [-0.15, -0.1) is 21.5 Å². The second-order valence-corrected chi connectivity index (χ2v) is 9.52. The molecule has 0 saturated carbocycles. The summed E-state index contributed by atoms with van der Waals surface area (Å²) < 4.78 is 7.44. The standard InChI is InChI=1S/C23H25N5O2S2/c1-3-28-21(16-10-7-8-11-18(16)30-2)26-27-23(28)31-14-20(29)25-22-17(13-24)15-9-5-4-6-12-19(15)32-22/h7-8,10-11H,3-6,9,12,14H2,1-2H3,(H,25,29). The van der Waals surface area contributed by atoms with E-state index in [0.29, 0.717) is 28.1 Å². The highest BCUT2D eigenvalue weighted by Crippen LogP contribution is 2.37. The van der Waals surface area contributed by atoms with Crippen LogP contribution in [0.15, 0.2) is 29.4 Å². The number of nitriles is 1. The summed E-state index contributed by atoms with van der Waals surface area (Å²) in [5.74, 6) is 1.48. The first-order valence-corrected chi connectivity index (χ1v) is 12.5. The third-order valence-electron chi connectivity index (χ3n) is 5.50. The molecule has 1 aromatic carbocycles. The Morgan fingerprint density at radius 1 is 1.28 bits per heavy atom. The van der Waals surface area contributed by atoms with Crippen LogP contribution in [0.4, 0.5) is 5.00 Å². The van der Waals surface area contributed by atoms with Gasteiger partial charge in [0.25, 0.3) is 0 Å². The van der Waals surface area contributed by atoms with Gasteiger partial charge in [0.15, 0.2) is 11.0 Å². The summed E-state index contributed by atoms with van der Waals surface area (Å²) >= 11 is 2.89. The molecule has 0 saturated heterocycles. The number of amides is 1. The number of carbonyl (C=O) groups is 1. The summed E-state index contributed by atoms with van der Waals surface area (Å²) in [6.07, 6.45) is 5.35. The number of hydrogen-bond acceptors (Lipinski definition) is 7. The van der Waals surface area contributed by atoms with Crippen LogP contribution in [0.3, 0.4) is 0 Å². The van der Waals surface area contributed by atoms with Crippen LogP contribution in [0.25, 0.3) is 11.4 Å². The van der Waals surface area contributed by atoms with Crippen molar-refractivity contribution in [2.24, 2.45) is 0 Å². The number of fused-ring (bicyclic) bond motifs is 1. The largest absolute Gasteiger partial charge is 0.496 e. The average Bonchev–Trinajstić information content (AvgIpc) is 3.29. The van der Waals surface area contributed by atoms with Crippen molar-refractivity contribution in [1.29, 1.82) is 5.26 Å². The van der Waals surface area contributed by atoms with Crippen molar-refractivity contribution in [3.8, 4) is 23.2 Å². The molecule has 32 heavy (non-hydrogen) atoms. The van der Waals surface area contributed by atoms with Gasteiger partial charge in [-0.05, 0) is 50.3 Å². The van der Waals surface area contributed by atoms with Crippen LogP contribution in [0.1, 0.15) is 42.2 Å². The number of benzene rings is 1. The predicted octanol–water partition coefficient (Wildman–Crippen LogP) is 4.91. The molecule has 166 valence electrons. The van der Waals surface area contributed by atoms with E-state index in [-0.39, 0.29) is 11.7 Å². The van der Waals surface area contributed by atoms with Crippen LogP contribution < -0.4 is 10.1 Å². The Hall–Kier alpha value is -2.83. The summed E-state index contributed by atoms with van der Waals surface area (Å²) in [4.78, 5) is 13.9. The molecule has 7 nitrogen and oxygen atoms in total. The Morgan fingerprint density at radius 2 is 2.09 bits per heavy atom. The van der Waals surface area contributed by atoms with Gasteiger partial charge in [0.1, 0.15) is 16.8 Å². The summed E-state index contributed by atoms with van der Waals surface area (Å²) in [7, 11) is 1.63. The number of thiophene rings is 1. The zero-order chi connectivity index (χ0) is 22.5. The lowest BCUT2D eigenvalue weighted by Gasteiger charge is -2.10. The van der Waals surface area contributed by atoms with Crippen molar-refractivity contribution in [1.82, 2.24) is 14.8 Å². The van der Waals surface area contributed by atoms with Gasteiger partial charge in [-0.3, -0.25) is 4.79 Å². The second-order valence-electron chi connectivity index (χ2n) is 7.47. The third-order valence-corrected chi connectivity index (χ3v) is 7.67. The van der Waals surface area contributed by atoms with Gasteiger partial charge < -0.3 is 14.6 Å². The number of methoxy groups -OCH3 is 1. The van der Waals surface area contributed by atoms with Crippen LogP contribution in [0, 0.1) is 11.3 Å². The fraction of sp³-hybridized carbons (Fsp3) is 0.391. The monoisotopic (exact) mass is 467 g/mol. The molecule has 0 spiro atoms. The number of nitrogens with zero attached hydrogens (tertiary/aromatic N) is 4. The van der Waals surface area contributed by atoms with E-state index < -0.39 is 0 Å². The minimum absolute atomic E-state index is 0.146. The molecule has 2 heterocycles. The maximum atomic E-state index is 12.7. The van der Waals surface area contributed by atoms with Crippen molar-refractivity contribution in [3.05, 3.63) is 40.3 Å². The Balaban J connectivity index is 1.48. The smallest absolute Gasteiger partial charge is 0.235 e. The SMILES string of the molecule is CCn1c(SCC(=O)Nc2sc3c(c2C#N)CCCCC3)nnc1-c1ccccc1OC. The normalized spacial score (nSPS) is 13.2. The van der Waals surface area contributed by atoms with Crippen LogP contribution >= 0.6 is 23.1 Å². The zero-order valence-electron chi connectivity index (χ0n) is 18.2. The molecular weight excluding hydrogens is 442 g/mol. The van der Waals surface area contributed by atoms with Gasteiger partial charge in [0, 0.05) is 11.4 Å². The van der Waals surface area contributed by atoms with Crippen LogP contribution in [0.2, 0.25) is 0 Å². The number of carbonyl (C=O) groups excluding carboxylic acids is 1. The molecule has 1 aliphatic carbocycles. The lowest BCUT2D eigenvalue weighted by Crippen LogP contribution is -2.14. The van der Waals surface area contributed by atoms with E-state index in [1.54, 1.807) is 18.4 Å². The van der Waals surface area contributed by atoms with Gasteiger partial charge in [-0.2, -0.15) is 5.26 Å². The molecule has 9 heteroatoms. The highest BCUT2D eigenvalue weighted by Gasteiger charge is 2.22. The Morgan fingerprint density at radius 3 is 2.88 bits per heavy atom. The number of thioether (sulfide) groups is 1. The summed E-state index contributed by atoms with van der Waals surface area (Å²) in [5.41, 5.74) is 2.63. The molecule has 1 aliphatic rings. The molecule has 0 fully saturated rings. The fourth-order valence-electron chi connectivity index (χ4n) is 3.95. The van der Waals surface area contributed by atoms with E-state index in [9.17, 15) is 10.1 Å². The minimum atomic E-state index is -0.146. The quantitative estimate of drug-likeness (QED) is 0.392. The Bertz CT molecular complexity index is 1160. The number of para-hydroxylation sites is 1. The van der Waals surface area contributed by atoms with Crippen molar-refractivity contribution >= 4 is 34.0 Å². The minimum Gasteiger partial charge on any atom is -0.496 e. The molecule has 1 amide bonds. The maximum Gasteiger partial charge on any atom is 0.235 e. The molecule has 3 aromatic rings. The summed E-state index contributed by atoms with van der Waals surface area (Å²) in [5, 5.41) is 22.6. The third kappa shape index (κ3) is 4.52. The first kappa shape index (κ1) is 22.4. The zero-order valence-corrected chi connectivity index (χ0v) is 19.8. The molecule has 4 rings (SSSR count). The molecule has 0 aliphatic heterocycles. The molecular formula is C23H25N5O2S2. The molecule has 0 atom stereocenters. The van der Waals surface area contributed by atoms with Crippen molar-refractivity contribution in [2.45, 2.75) is 50.7 Å². The van der Waals surface area contributed by atoms with E-state index in [1.807, 2.05) is 35.8 Å². The van der Waals surface area contributed by atoms with E-state index in [0.717, 1.165) is 42.6 Å². The van der Waals surface area contributed by atoms with E-state index in [1.165, 1.54) is 23.1 Å². The van der Waals surface area contributed by atoms with E-state index >= 15 is 0 Å². The average molecular weight is 468 g/mol. The molecule has 1 N–H and O–H groups in total. The van der Waals surface area contributed by atoms with Crippen LogP contribution in [-0.2, 0) is 24.2 Å². The Labute approximate surface area is 195 Å². The number of rotatable bonds is 7. The Kier molecular flexibility index (Phi) is 7.12. The van der Waals surface area contributed by atoms with Crippen LogP contribution in [0.5, 0.6) is 5.75 Å². The molecule has 0 radical (unpaired) electrons. The van der Waals surface area contributed by atoms with Gasteiger partial charge >= 0.3 is 0 Å². The van der Waals surface area contributed by atoms with Gasteiger partial charge in [-0.25, -0.2) is 0 Å². The molecule has 0 bridgehead atoms. The van der Waals surface area contributed by atoms with Crippen molar-refractivity contribution in [3.63, 3.8) is 0 Å². The second kappa shape index (κ2) is 10.2. The number of aryl methyl sites for hydroxylation is 1. The number of nitrogens with one attached hydrogen (secondary N) is 1. The van der Waals surface area contributed by atoms with Crippen molar-refractivity contribution < 1.29 is 9.53 Å². The lowest BCUT2D eigenvalue weighted by atomic mass is 10.1. The number of ether oxygens (including phenoxy) is 1. The van der Waals surface area contributed by atoms with E-state index in [2.05, 4.69) is 21.6 Å². The maximum absolute atomic E-state index is 12.7. The topological polar surface area (TPSA) is 92.8 Å². The van der Waals surface area contributed by atoms with Gasteiger partial charge in [-0.1, -0.05) is 30.3 Å². The lowest BCUT2D eigenvalue weighted by molar-refractivity contribution is -0.113.